The summed E-state index contributed by atoms with van der Waals surface area (Å²) in [4.78, 5) is 25.4. The lowest BCUT2D eigenvalue weighted by Gasteiger charge is -2.26. The first-order valence-electron chi connectivity index (χ1n) is 11.8. The van der Waals surface area contributed by atoms with Gasteiger partial charge in [0.05, 0.1) is 14.2 Å². The SMILES string of the molecule is COc1ccc(C(=O)Nc2ccc(C(C)(C)CNC(=O)[C@H]3C[C@@H]3c3ccccc3)cc2)cc1OC. The van der Waals surface area contributed by atoms with Crippen LogP contribution in [0.15, 0.2) is 72.8 Å². The summed E-state index contributed by atoms with van der Waals surface area (Å²) in [7, 11) is 3.09. The maximum absolute atomic E-state index is 12.7. The molecule has 4 rings (SSSR count). The Kier molecular flexibility index (Phi) is 7.10. The summed E-state index contributed by atoms with van der Waals surface area (Å²) in [6, 6.07) is 23.0. The van der Waals surface area contributed by atoms with Gasteiger partial charge in [0.2, 0.25) is 5.91 Å². The topological polar surface area (TPSA) is 76.7 Å². The Bertz CT molecular complexity index is 1190. The minimum absolute atomic E-state index is 0.0577. The van der Waals surface area contributed by atoms with Gasteiger partial charge in [-0.2, -0.15) is 0 Å². The third kappa shape index (κ3) is 5.65. The lowest BCUT2D eigenvalue weighted by Crippen LogP contribution is -2.37. The van der Waals surface area contributed by atoms with Gasteiger partial charge in [-0.25, -0.2) is 0 Å². The van der Waals surface area contributed by atoms with Crippen LogP contribution < -0.4 is 20.1 Å². The highest BCUT2D eigenvalue weighted by atomic mass is 16.5. The van der Waals surface area contributed by atoms with Gasteiger partial charge in [0.1, 0.15) is 0 Å². The lowest BCUT2D eigenvalue weighted by molar-refractivity contribution is -0.122. The van der Waals surface area contributed by atoms with Crippen LogP contribution in [0.25, 0.3) is 0 Å². The van der Waals surface area contributed by atoms with Crippen molar-refractivity contribution in [3.05, 3.63) is 89.5 Å². The average Bonchev–Trinajstić information content (AvgIpc) is 3.69. The Morgan fingerprint density at radius 2 is 1.60 bits per heavy atom. The predicted octanol–water partition coefficient (Wildman–Crippen LogP) is 5.15. The van der Waals surface area contributed by atoms with Gasteiger partial charge in [0, 0.05) is 29.1 Å². The monoisotopic (exact) mass is 472 g/mol. The van der Waals surface area contributed by atoms with Gasteiger partial charge in [-0.05, 0) is 53.8 Å². The van der Waals surface area contributed by atoms with Gasteiger partial charge in [0.25, 0.3) is 5.91 Å². The van der Waals surface area contributed by atoms with Crippen molar-refractivity contribution in [2.75, 3.05) is 26.1 Å². The zero-order valence-corrected chi connectivity index (χ0v) is 20.6. The van der Waals surface area contributed by atoms with E-state index in [2.05, 4.69) is 36.6 Å². The fourth-order valence-electron chi connectivity index (χ4n) is 4.28. The Balaban J connectivity index is 1.33. The quantitative estimate of drug-likeness (QED) is 0.451. The Morgan fingerprint density at radius 3 is 2.26 bits per heavy atom. The van der Waals surface area contributed by atoms with E-state index in [-0.39, 0.29) is 23.1 Å². The number of nitrogens with one attached hydrogen (secondary N) is 2. The molecular formula is C29H32N2O4. The second-order valence-electron chi connectivity index (χ2n) is 9.56. The van der Waals surface area contributed by atoms with Gasteiger partial charge in [-0.15, -0.1) is 0 Å². The first-order chi connectivity index (χ1) is 16.8. The van der Waals surface area contributed by atoms with E-state index in [4.69, 9.17) is 9.47 Å². The molecule has 2 amide bonds. The highest BCUT2D eigenvalue weighted by Gasteiger charge is 2.44. The fourth-order valence-corrected chi connectivity index (χ4v) is 4.28. The number of amides is 2. The predicted molar refractivity (Wildman–Crippen MR) is 137 cm³/mol. The zero-order chi connectivity index (χ0) is 25.0. The summed E-state index contributed by atoms with van der Waals surface area (Å²) in [6.07, 6.45) is 0.907. The van der Waals surface area contributed by atoms with E-state index in [1.54, 1.807) is 25.3 Å². The van der Waals surface area contributed by atoms with Crippen molar-refractivity contribution >= 4 is 17.5 Å². The number of hydrogen-bond donors (Lipinski definition) is 2. The van der Waals surface area contributed by atoms with Crippen LogP contribution >= 0.6 is 0 Å². The minimum Gasteiger partial charge on any atom is -0.493 e. The molecule has 2 N–H and O–H groups in total. The number of methoxy groups -OCH3 is 2. The fraction of sp³-hybridized carbons (Fsp3) is 0.310. The molecule has 3 aromatic carbocycles. The van der Waals surface area contributed by atoms with Crippen molar-refractivity contribution in [3.8, 4) is 11.5 Å². The molecule has 0 saturated heterocycles. The number of carbonyl (C=O) groups excluding carboxylic acids is 2. The van der Waals surface area contributed by atoms with Crippen LogP contribution in [0.4, 0.5) is 5.69 Å². The summed E-state index contributed by atoms with van der Waals surface area (Å²) in [5.41, 5.74) is 3.23. The summed E-state index contributed by atoms with van der Waals surface area (Å²) in [6.45, 7) is 4.75. The number of rotatable bonds is 9. The third-order valence-corrected chi connectivity index (χ3v) is 6.63. The molecule has 35 heavy (non-hydrogen) atoms. The average molecular weight is 473 g/mol. The van der Waals surface area contributed by atoms with Crippen LogP contribution in [-0.2, 0) is 10.2 Å². The molecule has 2 atom stereocenters. The van der Waals surface area contributed by atoms with Crippen molar-refractivity contribution in [3.63, 3.8) is 0 Å². The number of benzene rings is 3. The molecule has 182 valence electrons. The van der Waals surface area contributed by atoms with E-state index in [1.165, 1.54) is 12.7 Å². The van der Waals surface area contributed by atoms with E-state index < -0.39 is 0 Å². The zero-order valence-electron chi connectivity index (χ0n) is 20.6. The van der Waals surface area contributed by atoms with Crippen LogP contribution in [-0.4, -0.2) is 32.6 Å². The van der Waals surface area contributed by atoms with Crippen LogP contribution in [0.5, 0.6) is 11.5 Å². The molecule has 1 saturated carbocycles. The standard InChI is InChI=1S/C29H32N2O4/c1-29(2,18-30-28(33)24-17-23(24)19-8-6-5-7-9-19)21-11-13-22(14-12-21)31-27(32)20-10-15-25(34-3)26(16-20)35-4/h5-16,23-24H,17-18H2,1-4H3,(H,30,33)(H,31,32)/t23-,24+/m1/s1. The van der Waals surface area contributed by atoms with Crippen molar-refractivity contribution < 1.29 is 19.1 Å². The van der Waals surface area contributed by atoms with Crippen molar-refractivity contribution in [2.45, 2.75) is 31.6 Å². The number of carbonyl (C=O) groups is 2. The maximum atomic E-state index is 12.7. The summed E-state index contributed by atoms with van der Waals surface area (Å²) >= 11 is 0. The van der Waals surface area contributed by atoms with Gasteiger partial charge >= 0.3 is 0 Å². The number of ether oxygens (including phenoxy) is 2. The summed E-state index contributed by atoms with van der Waals surface area (Å²) in [5, 5.41) is 6.06. The molecule has 1 fully saturated rings. The van der Waals surface area contributed by atoms with Gasteiger partial charge in [-0.3, -0.25) is 9.59 Å². The molecule has 0 bridgehead atoms. The summed E-state index contributed by atoms with van der Waals surface area (Å²) in [5.74, 6) is 1.34. The lowest BCUT2D eigenvalue weighted by atomic mass is 9.84. The van der Waals surface area contributed by atoms with E-state index >= 15 is 0 Å². The van der Waals surface area contributed by atoms with Crippen LogP contribution in [0.1, 0.15) is 47.7 Å². The van der Waals surface area contributed by atoms with E-state index in [0.29, 0.717) is 35.2 Å². The first-order valence-corrected chi connectivity index (χ1v) is 11.8. The molecule has 0 aromatic heterocycles. The van der Waals surface area contributed by atoms with Crippen molar-refractivity contribution in [1.29, 1.82) is 0 Å². The summed E-state index contributed by atoms with van der Waals surface area (Å²) < 4.78 is 10.5. The molecule has 0 aliphatic heterocycles. The molecule has 1 aliphatic rings. The highest BCUT2D eigenvalue weighted by Crippen LogP contribution is 2.47. The Labute approximate surface area is 206 Å². The van der Waals surface area contributed by atoms with Gasteiger partial charge < -0.3 is 20.1 Å². The van der Waals surface area contributed by atoms with E-state index in [9.17, 15) is 9.59 Å². The molecule has 3 aromatic rings. The van der Waals surface area contributed by atoms with Crippen LogP contribution in [0, 0.1) is 5.92 Å². The minimum atomic E-state index is -0.251. The second-order valence-corrected chi connectivity index (χ2v) is 9.56. The Hall–Kier alpha value is -3.80. The molecule has 6 nitrogen and oxygen atoms in total. The van der Waals surface area contributed by atoms with E-state index in [1.807, 2.05) is 42.5 Å². The number of hydrogen-bond acceptors (Lipinski definition) is 4. The molecule has 6 heteroatoms. The van der Waals surface area contributed by atoms with Crippen molar-refractivity contribution in [2.24, 2.45) is 5.92 Å². The first kappa shape index (κ1) is 24.3. The third-order valence-electron chi connectivity index (χ3n) is 6.63. The van der Waals surface area contributed by atoms with Crippen molar-refractivity contribution in [1.82, 2.24) is 5.32 Å². The molecular weight excluding hydrogens is 440 g/mol. The molecule has 0 unspecified atom stereocenters. The molecule has 0 heterocycles. The second kappa shape index (κ2) is 10.2. The normalized spacial score (nSPS) is 16.8. The largest absolute Gasteiger partial charge is 0.493 e. The van der Waals surface area contributed by atoms with Gasteiger partial charge in [-0.1, -0.05) is 56.3 Å². The molecule has 0 radical (unpaired) electrons. The van der Waals surface area contributed by atoms with Gasteiger partial charge in [0.15, 0.2) is 11.5 Å². The maximum Gasteiger partial charge on any atom is 0.255 e. The van der Waals surface area contributed by atoms with Crippen LogP contribution in [0.2, 0.25) is 0 Å². The van der Waals surface area contributed by atoms with Crippen LogP contribution in [0.3, 0.4) is 0 Å². The Morgan fingerprint density at radius 1 is 0.914 bits per heavy atom. The molecule has 1 aliphatic carbocycles. The smallest absolute Gasteiger partial charge is 0.255 e. The molecule has 0 spiro atoms. The van der Waals surface area contributed by atoms with E-state index in [0.717, 1.165) is 12.0 Å². The highest BCUT2D eigenvalue weighted by molar-refractivity contribution is 6.04. The number of anilines is 1.